The van der Waals surface area contributed by atoms with Crippen molar-refractivity contribution in [2.45, 2.75) is 25.9 Å². The quantitative estimate of drug-likeness (QED) is 0.762. The van der Waals surface area contributed by atoms with Crippen molar-refractivity contribution in [1.82, 2.24) is 4.90 Å². The zero-order chi connectivity index (χ0) is 16.9. The van der Waals surface area contributed by atoms with Gasteiger partial charge < -0.3 is 10.6 Å². The fraction of sp³-hybridized carbons (Fsp3) is 0.500. The highest BCUT2D eigenvalue weighted by Gasteiger charge is 2.22. The molecule has 0 bridgehead atoms. The Morgan fingerprint density at radius 2 is 2.09 bits per heavy atom. The summed E-state index contributed by atoms with van der Waals surface area (Å²) in [7, 11) is -3.17. The van der Waals surface area contributed by atoms with Crippen LogP contribution in [0.25, 0.3) is 0 Å². The van der Waals surface area contributed by atoms with E-state index in [9.17, 15) is 17.6 Å². The van der Waals surface area contributed by atoms with Gasteiger partial charge in [0.05, 0.1) is 11.8 Å². The smallest absolute Gasteiger partial charge is 0.239 e. The third-order valence-corrected chi connectivity index (χ3v) is 4.65. The van der Waals surface area contributed by atoms with Gasteiger partial charge in [-0.2, -0.15) is 0 Å². The van der Waals surface area contributed by atoms with Gasteiger partial charge in [-0.3, -0.25) is 4.79 Å². The second-order valence-electron chi connectivity index (χ2n) is 5.11. The van der Waals surface area contributed by atoms with E-state index in [0.29, 0.717) is 16.6 Å². The number of carbonyl (C=O) groups excluding carboxylic acids is 1. The van der Waals surface area contributed by atoms with Crippen molar-refractivity contribution in [2.75, 3.05) is 18.6 Å². The molecule has 0 aromatic heterocycles. The minimum Gasteiger partial charge on any atom is -0.337 e. The van der Waals surface area contributed by atoms with Crippen LogP contribution in [0.4, 0.5) is 4.39 Å². The molecule has 1 unspecified atom stereocenters. The zero-order valence-corrected chi connectivity index (χ0v) is 15.0. The lowest BCUT2D eigenvalue weighted by molar-refractivity contribution is -0.133. The third kappa shape index (κ3) is 6.02. The number of rotatable bonds is 7. The summed E-state index contributed by atoms with van der Waals surface area (Å²) in [6.45, 7) is 2.21. The summed E-state index contributed by atoms with van der Waals surface area (Å²) < 4.78 is 36.8. The van der Waals surface area contributed by atoms with Crippen LogP contribution in [-0.4, -0.2) is 43.8 Å². The Hall–Kier alpha value is -0.990. The van der Waals surface area contributed by atoms with Crippen molar-refractivity contribution in [2.24, 2.45) is 5.73 Å². The summed E-state index contributed by atoms with van der Waals surface area (Å²) in [6, 6.07) is 3.59. The molecule has 0 fully saturated rings. The highest BCUT2D eigenvalue weighted by Crippen LogP contribution is 2.17. The molecule has 0 aliphatic carbocycles. The molecule has 0 saturated carbocycles. The lowest BCUT2D eigenvalue weighted by atomic mass is 10.1. The van der Waals surface area contributed by atoms with Gasteiger partial charge in [-0.05, 0) is 31.5 Å². The molecule has 0 saturated heterocycles. The van der Waals surface area contributed by atoms with Gasteiger partial charge in [-0.25, -0.2) is 12.8 Å². The molecule has 0 spiro atoms. The Balaban J connectivity index is 2.78. The van der Waals surface area contributed by atoms with Gasteiger partial charge in [0.25, 0.3) is 0 Å². The largest absolute Gasteiger partial charge is 0.337 e. The summed E-state index contributed by atoms with van der Waals surface area (Å²) in [6.07, 6.45) is 1.15. The molecular formula is C14H20BrFN2O3S. The molecule has 1 atom stereocenters. The normalized spacial score (nSPS) is 13.0. The molecule has 0 aliphatic heterocycles. The fourth-order valence-electron chi connectivity index (χ4n) is 1.91. The highest BCUT2D eigenvalue weighted by atomic mass is 79.9. The first-order chi connectivity index (χ1) is 10.1. The summed E-state index contributed by atoms with van der Waals surface area (Å²) in [4.78, 5) is 13.7. The van der Waals surface area contributed by atoms with E-state index in [1.807, 2.05) is 0 Å². The summed E-state index contributed by atoms with van der Waals surface area (Å²) in [5, 5.41) is 0. The fourth-order valence-corrected chi connectivity index (χ4v) is 3.01. The topological polar surface area (TPSA) is 80.5 Å². The maximum atomic E-state index is 13.8. The van der Waals surface area contributed by atoms with Crippen molar-refractivity contribution in [3.8, 4) is 0 Å². The van der Waals surface area contributed by atoms with E-state index in [4.69, 9.17) is 5.73 Å². The summed E-state index contributed by atoms with van der Waals surface area (Å²) in [5.41, 5.74) is 6.14. The van der Waals surface area contributed by atoms with E-state index in [1.165, 1.54) is 11.0 Å². The molecule has 2 N–H and O–H groups in total. The molecule has 1 rings (SSSR count). The van der Waals surface area contributed by atoms with E-state index >= 15 is 0 Å². The van der Waals surface area contributed by atoms with E-state index in [1.54, 1.807) is 19.1 Å². The van der Waals surface area contributed by atoms with E-state index in [-0.39, 0.29) is 24.6 Å². The van der Waals surface area contributed by atoms with Crippen LogP contribution in [0.3, 0.4) is 0 Å². The first-order valence-corrected chi connectivity index (χ1v) is 9.65. The number of amides is 1. The summed E-state index contributed by atoms with van der Waals surface area (Å²) in [5.74, 6) is -0.937. The number of sulfone groups is 1. The molecule has 0 heterocycles. The predicted molar refractivity (Wildman–Crippen MR) is 87.5 cm³/mol. The maximum Gasteiger partial charge on any atom is 0.239 e. The number of halogens is 2. The Bertz CT molecular complexity index is 637. The van der Waals surface area contributed by atoms with Gasteiger partial charge in [0, 0.05) is 29.4 Å². The maximum absolute atomic E-state index is 13.8. The molecular weight excluding hydrogens is 375 g/mol. The van der Waals surface area contributed by atoms with Gasteiger partial charge >= 0.3 is 0 Å². The van der Waals surface area contributed by atoms with Crippen molar-refractivity contribution in [3.05, 3.63) is 34.1 Å². The average molecular weight is 395 g/mol. The van der Waals surface area contributed by atoms with Gasteiger partial charge in [-0.1, -0.05) is 15.9 Å². The molecule has 22 heavy (non-hydrogen) atoms. The Kier molecular flexibility index (Phi) is 6.96. The van der Waals surface area contributed by atoms with Crippen LogP contribution in [0.2, 0.25) is 0 Å². The van der Waals surface area contributed by atoms with Crippen molar-refractivity contribution in [3.63, 3.8) is 0 Å². The lowest BCUT2D eigenvalue weighted by Gasteiger charge is -2.24. The van der Waals surface area contributed by atoms with Crippen LogP contribution < -0.4 is 5.73 Å². The second kappa shape index (κ2) is 8.03. The SMILES string of the molecule is CCN(Cc1cc(Br)ccc1F)C(=O)C(N)CCS(C)(=O)=O. The number of hydrogen-bond acceptors (Lipinski definition) is 4. The first kappa shape index (κ1) is 19.1. The standard InChI is InChI=1S/C14H20BrFN2O3S/c1-3-18(9-10-8-11(15)4-5-12(10)16)14(19)13(17)6-7-22(2,20)21/h4-5,8,13H,3,6-7,9,17H2,1-2H3. The highest BCUT2D eigenvalue weighted by molar-refractivity contribution is 9.10. The minimum absolute atomic E-state index is 0.0507. The second-order valence-corrected chi connectivity index (χ2v) is 8.29. The van der Waals surface area contributed by atoms with Crippen LogP contribution in [0, 0.1) is 5.82 Å². The molecule has 1 aromatic rings. The van der Waals surface area contributed by atoms with Gasteiger partial charge in [0.15, 0.2) is 0 Å². The van der Waals surface area contributed by atoms with Crippen LogP contribution in [0.5, 0.6) is 0 Å². The molecule has 124 valence electrons. The molecule has 1 aromatic carbocycles. The van der Waals surface area contributed by atoms with E-state index in [0.717, 1.165) is 6.26 Å². The van der Waals surface area contributed by atoms with Crippen molar-refractivity contribution in [1.29, 1.82) is 0 Å². The first-order valence-electron chi connectivity index (χ1n) is 6.80. The molecule has 0 radical (unpaired) electrons. The Labute approximate surface area is 138 Å². The number of carbonyl (C=O) groups is 1. The van der Waals surface area contributed by atoms with Gasteiger partial charge in [0.2, 0.25) is 5.91 Å². The lowest BCUT2D eigenvalue weighted by Crippen LogP contribution is -2.44. The van der Waals surface area contributed by atoms with Crippen LogP contribution >= 0.6 is 15.9 Å². The number of hydrogen-bond donors (Lipinski definition) is 1. The number of likely N-dealkylation sites (N-methyl/N-ethyl adjacent to an activating group) is 1. The molecule has 8 heteroatoms. The monoisotopic (exact) mass is 394 g/mol. The average Bonchev–Trinajstić information content (AvgIpc) is 2.44. The zero-order valence-electron chi connectivity index (χ0n) is 12.6. The van der Waals surface area contributed by atoms with Gasteiger partial charge in [-0.15, -0.1) is 0 Å². The minimum atomic E-state index is -3.17. The third-order valence-electron chi connectivity index (χ3n) is 3.18. The van der Waals surface area contributed by atoms with Crippen molar-refractivity contribution >= 4 is 31.7 Å². The van der Waals surface area contributed by atoms with Crippen molar-refractivity contribution < 1.29 is 17.6 Å². The van der Waals surface area contributed by atoms with Crippen LogP contribution in [0.1, 0.15) is 18.9 Å². The van der Waals surface area contributed by atoms with E-state index < -0.39 is 21.7 Å². The Morgan fingerprint density at radius 3 is 2.64 bits per heavy atom. The molecule has 5 nitrogen and oxygen atoms in total. The molecule has 1 amide bonds. The Morgan fingerprint density at radius 1 is 1.45 bits per heavy atom. The van der Waals surface area contributed by atoms with Crippen LogP contribution in [-0.2, 0) is 21.2 Å². The predicted octanol–water partition coefficient (Wildman–Crippen LogP) is 1.70. The number of nitrogens with two attached hydrogens (primary N) is 1. The summed E-state index contributed by atoms with van der Waals surface area (Å²) >= 11 is 3.26. The van der Waals surface area contributed by atoms with Crippen LogP contribution in [0.15, 0.2) is 22.7 Å². The number of benzene rings is 1. The van der Waals surface area contributed by atoms with Gasteiger partial charge in [0.1, 0.15) is 15.7 Å². The number of nitrogens with zero attached hydrogens (tertiary/aromatic N) is 1. The van der Waals surface area contributed by atoms with E-state index in [2.05, 4.69) is 15.9 Å². The molecule has 0 aliphatic rings.